The van der Waals surface area contributed by atoms with E-state index in [1.54, 1.807) is 6.07 Å². The van der Waals surface area contributed by atoms with Crippen LogP contribution in [-0.2, 0) is 0 Å². The molecule has 0 spiro atoms. The lowest BCUT2D eigenvalue weighted by atomic mass is 9.92. The summed E-state index contributed by atoms with van der Waals surface area (Å²) < 4.78 is 13.1. The molecular formula is C12H18FNO. The number of aliphatic hydroxyl groups excluding tert-OH is 1. The fraction of sp³-hybridized carbons (Fsp3) is 0.500. The van der Waals surface area contributed by atoms with E-state index in [9.17, 15) is 4.39 Å². The highest BCUT2D eigenvalue weighted by atomic mass is 19.1. The first-order chi connectivity index (χ1) is 7.06. The molecule has 0 aliphatic heterocycles. The molecule has 2 nitrogen and oxygen atoms in total. The topological polar surface area (TPSA) is 46.2 Å². The van der Waals surface area contributed by atoms with Gasteiger partial charge in [0.15, 0.2) is 0 Å². The molecule has 0 heterocycles. The maximum atomic E-state index is 13.1. The fourth-order valence-electron chi connectivity index (χ4n) is 1.69. The first kappa shape index (κ1) is 12.1. The van der Waals surface area contributed by atoms with E-state index >= 15 is 0 Å². The number of hydrogen-bond acceptors (Lipinski definition) is 2. The molecule has 1 aromatic carbocycles. The maximum absolute atomic E-state index is 13.1. The van der Waals surface area contributed by atoms with Gasteiger partial charge in [-0.2, -0.15) is 0 Å². The molecule has 84 valence electrons. The number of benzene rings is 1. The molecule has 0 saturated heterocycles. The molecule has 0 aliphatic rings. The molecule has 0 aliphatic carbocycles. The molecule has 3 heteroatoms. The molecule has 1 rings (SSSR count). The predicted molar refractivity (Wildman–Crippen MR) is 59.1 cm³/mol. The molecule has 0 aromatic heterocycles. The molecular weight excluding hydrogens is 193 g/mol. The lowest BCUT2D eigenvalue weighted by molar-refractivity contribution is 0.276. The monoisotopic (exact) mass is 211 g/mol. The molecule has 15 heavy (non-hydrogen) atoms. The lowest BCUT2D eigenvalue weighted by Crippen LogP contribution is -2.15. The Morgan fingerprint density at radius 1 is 1.33 bits per heavy atom. The van der Waals surface area contributed by atoms with Gasteiger partial charge in [0.25, 0.3) is 0 Å². The molecule has 0 amide bonds. The summed E-state index contributed by atoms with van der Waals surface area (Å²) in [5.41, 5.74) is 7.74. The first-order valence-corrected chi connectivity index (χ1v) is 5.22. The second kappa shape index (κ2) is 5.24. The van der Waals surface area contributed by atoms with E-state index in [0.29, 0.717) is 12.3 Å². The van der Waals surface area contributed by atoms with Crippen molar-refractivity contribution in [2.24, 2.45) is 5.73 Å². The Hall–Kier alpha value is -0.930. The van der Waals surface area contributed by atoms with Gasteiger partial charge < -0.3 is 10.8 Å². The van der Waals surface area contributed by atoms with E-state index in [-0.39, 0.29) is 18.5 Å². The van der Waals surface area contributed by atoms with Gasteiger partial charge in [-0.15, -0.1) is 0 Å². The third-order valence-electron chi connectivity index (χ3n) is 2.51. The van der Waals surface area contributed by atoms with E-state index in [4.69, 9.17) is 10.8 Å². The van der Waals surface area contributed by atoms with Crippen molar-refractivity contribution < 1.29 is 9.50 Å². The molecule has 0 bridgehead atoms. The van der Waals surface area contributed by atoms with Crippen LogP contribution in [0.3, 0.4) is 0 Å². The predicted octanol–water partition coefficient (Wildman–Crippen LogP) is 2.33. The van der Waals surface area contributed by atoms with Crippen LogP contribution in [-0.4, -0.2) is 11.7 Å². The van der Waals surface area contributed by atoms with Crippen molar-refractivity contribution in [1.29, 1.82) is 0 Å². The van der Waals surface area contributed by atoms with Gasteiger partial charge in [0.05, 0.1) is 0 Å². The third kappa shape index (κ3) is 3.01. The summed E-state index contributed by atoms with van der Waals surface area (Å²) in [6.07, 6.45) is 0.461. The van der Waals surface area contributed by atoms with Gasteiger partial charge in [0.1, 0.15) is 5.82 Å². The largest absolute Gasteiger partial charge is 0.396 e. The summed E-state index contributed by atoms with van der Waals surface area (Å²) in [4.78, 5) is 0. The van der Waals surface area contributed by atoms with E-state index < -0.39 is 0 Å². The second-order valence-electron chi connectivity index (χ2n) is 4.05. The summed E-state index contributed by atoms with van der Waals surface area (Å²) in [7, 11) is 0. The van der Waals surface area contributed by atoms with Gasteiger partial charge in [0.2, 0.25) is 0 Å². The summed E-state index contributed by atoms with van der Waals surface area (Å²) in [5.74, 6) is 0.0353. The minimum atomic E-state index is -0.289. The van der Waals surface area contributed by atoms with Gasteiger partial charge in [-0.3, -0.25) is 0 Å². The number of halogens is 1. The van der Waals surface area contributed by atoms with Gasteiger partial charge in [-0.25, -0.2) is 4.39 Å². The van der Waals surface area contributed by atoms with Crippen LogP contribution < -0.4 is 5.73 Å². The Bertz CT molecular complexity index is 325. The van der Waals surface area contributed by atoms with E-state index in [1.165, 1.54) is 12.1 Å². The van der Waals surface area contributed by atoms with E-state index in [0.717, 1.165) is 11.1 Å². The minimum Gasteiger partial charge on any atom is -0.396 e. The van der Waals surface area contributed by atoms with Gasteiger partial charge in [0, 0.05) is 12.6 Å². The number of rotatable bonds is 4. The van der Waals surface area contributed by atoms with Crippen molar-refractivity contribution >= 4 is 0 Å². The zero-order chi connectivity index (χ0) is 11.4. The molecule has 3 N–H and O–H groups in total. The first-order valence-electron chi connectivity index (χ1n) is 5.22. The highest BCUT2D eigenvalue weighted by Gasteiger charge is 2.13. The average molecular weight is 211 g/mol. The Labute approximate surface area is 89.9 Å². The van der Waals surface area contributed by atoms with Crippen LogP contribution in [0.4, 0.5) is 4.39 Å². The lowest BCUT2D eigenvalue weighted by Gasteiger charge is -2.18. The molecule has 0 saturated carbocycles. The Kier molecular flexibility index (Phi) is 4.24. The van der Waals surface area contributed by atoms with Crippen molar-refractivity contribution in [3.05, 3.63) is 35.1 Å². The van der Waals surface area contributed by atoms with Gasteiger partial charge in [-0.05, 0) is 35.6 Å². The van der Waals surface area contributed by atoms with Gasteiger partial charge >= 0.3 is 0 Å². The summed E-state index contributed by atoms with van der Waals surface area (Å²) in [6.45, 7) is 4.11. The Morgan fingerprint density at radius 2 is 2.00 bits per heavy atom. The van der Waals surface area contributed by atoms with Crippen LogP contribution in [0.5, 0.6) is 0 Å². The molecule has 0 fully saturated rings. The molecule has 0 radical (unpaired) electrons. The third-order valence-corrected chi connectivity index (χ3v) is 2.51. The average Bonchev–Trinajstić information content (AvgIpc) is 2.17. The van der Waals surface area contributed by atoms with Crippen LogP contribution in [0.1, 0.15) is 43.4 Å². The molecule has 1 unspecified atom stereocenters. The van der Waals surface area contributed by atoms with Crippen molar-refractivity contribution in [2.45, 2.75) is 32.2 Å². The van der Waals surface area contributed by atoms with E-state index in [1.807, 2.05) is 13.8 Å². The minimum absolute atomic E-state index is 0.0230. The zero-order valence-corrected chi connectivity index (χ0v) is 9.20. The number of hydrogen-bond donors (Lipinski definition) is 2. The van der Waals surface area contributed by atoms with Crippen molar-refractivity contribution in [1.82, 2.24) is 0 Å². The molecule has 1 aromatic rings. The Balaban J connectivity index is 3.06. The van der Waals surface area contributed by atoms with Gasteiger partial charge in [-0.1, -0.05) is 19.9 Å². The summed E-state index contributed by atoms with van der Waals surface area (Å²) in [5, 5.41) is 8.82. The SMILES string of the molecule is CC(C)c1ccc(F)cc1C(N)CCO. The smallest absolute Gasteiger partial charge is 0.123 e. The normalized spacial score (nSPS) is 13.2. The maximum Gasteiger partial charge on any atom is 0.123 e. The Morgan fingerprint density at radius 3 is 2.53 bits per heavy atom. The summed E-state index contributed by atoms with van der Waals surface area (Å²) in [6, 6.07) is 4.40. The van der Waals surface area contributed by atoms with Crippen molar-refractivity contribution in [3.63, 3.8) is 0 Å². The molecule has 1 atom stereocenters. The highest BCUT2D eigenvalue weighted by molar-refractivity contribution is 5.32. The number of aliphatic hydroxyl groups is 1. The van der Waals surface area contributed by atoms with Crippen LogP contribution in [0.25, 0.3) is 0 Å². The van der Waals surface area contributed by atoms with Crippen molar-refractivity contribution in [3.8, 4) is 0 Å². The standard InChI is InChI=1S/C12H18FNO/c1-8(2)10-4-3-9(13)7-11(10)12(14)5-6-15/h3-4,7-8,12,15H,5-6,14H2,1-2H3. The van der Waals surface area contributed by atoms with Crippen LogP contribution in [0, 0.1) is 5.82 Å². The van der Waals surface area contributed by atoms with E-state index in [2.05, 4.69) is 0 Å². The second-order valence-corrected chi connectivity index (χ2v) is 4.05. The summed E-state index contributed by atoms with van der Waals surface area (Å²) >= 11 is 0. The van der Waals surface area contributed by atoms with Crippen molar-refractivity contribution in [2.75, 3.05) is 6.61 Å². The van der Waals surface area contributed by atoms with Crippen LogP contribution in [0.2, 0.25) is 0 Å². The quantitative estimate of drug-likeness (QED) is 0.803. The van der Waals surface area contributed by atoms with Crippen LogP contribution >= 0.6 is 0 Å². The number of nitrogens with two attached hydrogens (primary N) is 1. The highest BCUT2D eigenvalue weighted by Crippen LogP contribution is 2.26. The van der Waals surface area contributed by atoms with Crippen LogP contribution in [0.15, 0.2) is 18.2 Å². The fourth-order valence-corrected chi connectivity index (χ4v) is 1.69. The zero-order valence-electron chi connectivity index (χ0n) is 9.20.